The van der Waals surface area contributed by atoms with Crippen molar-refractivity contribution < 1.29 is 9.59 Å². The summed E-state index contributed by atoms with van der Waals surface area (Å²) in [6, 6.07) is 5.78. The van der Waals surface area contributed by atoms with Gasteiger partial charge in [-0.25, -0.2) is 0 Å². The molecule has 0 atom stereocenters. The third-order valence-corrected chi connectivity index (χ3v) is 4.96. The number of hydrogen-bond acceptors (Lipinski definition) is 4. The Kier molecular flexibility index (Phi) is 10.0. The van der Waals surface area contributed by atoms with Gasteiger partial charge in [-0.3, -0.25) is 9.59 Å². The molecule has 0 aliphatic carbocycles. The van der Waals surface area contributed by atoms with Gasteiger partial charge < -0.3 is 9.80 Å². The quantitative estimate of drug-likeness (QED) is 0.380. The van der Waals surface area contributed by atoms with Crippen LogP contribution >= 0.6 is 0 Å². The Bertz CT molecular complexity index is 596. The van der Waals surface area contributed by atoms with Crippen molar-refractivity contribution in [3.63, 3.8) is 0 Å². The van der Waals surface area contributed by atoms with E-state index in [1.807, 2.05) is 46.4 Å². The van der Waals surface area contributed by atoms with Gasteiger partial charge >= 0.3 is 0 Å². The first-order chi connectivity index (χ1) is 13.0. The average molecular weight is 389 g/mol. The molecular weight excluding hydrogens is 348 g/mol. The van der Waals surface area contributed by atoms with E-state index in [9.17, 15) is 9.59 Å². The van der Waals surface area contributed by atoms with Crippen LogP contribution in [-0.2, 0) is 5.41 Å². The molecule has 0 fully saturated rings. The van der Waals surface area contributed by atoms with E-state index in [1.165, 1.54) is 0 Å². The largest absolute Gasteiger partial charge is 0.309 e. The Morgan fingerprint density at radius 2 is 1.11 bits per heavy atom. The monoisotopic (exact) mass is 388 g/mol. The predicted molar refractivity (Wildman–Crippen MR) is 119 cm³/mol. The number of carbonyl (C=O) groups excluding carboxylic acids is 2. The molecule has 0 saturated heterocycles. The molecule has 0 saturated carbocycles. The summed E-state index contributed by atoms with van der Waals surface area (Å²) in [6.45, 7) is 8.36. The number of Topliss-reactive ketones (excluding diaryl/α,β-unsaturated/α-hetero) is 2. The fourth-order valence-electron chi connectivity index (χ4n) is 3.10. The number of rotatable bonds is 12. The number of nitrogens with zero attached hydrogens (tertiary/aromatic N) is 2. The maximum Gasteiger partial charge on any atom is 0.162 e. The third kappa shape index (κ3) is 9.11. The molecule has 4 nitrogen and oxygen atoms in total. The van der Waals surface area contributed by atoms with E-state index in [-0.39, 0.29) is 17.0 Å². The fourth-order valence-corrected chi connectivity index (χ4v) is 3.10. The van der Waals surface area contributed by atoms with Crippen molar-refractivity contribution in [2.75, 3.05) is 41.3 Å². The maximum absolute atomic E-state index is 12.7. The Hall–Kier alpha value is -1.52. The molecule has 0 amide bonds. The van der Waals surface area contributed by atoms with E-state index in [0.29, 0.717) is 24.0 Å². The van der Waals surface area contributed by atoms with Crippen LogP contribution in [0.15, 0.2) is 18.2 Å². The van der Waals surface area contributed by atoms with Crippen LogP contribution in [0.1, 0.15) is 85.6 Å². The van der Waals surface area contributed by atoms with Crippen molar-refractivity contribution >= 4 is 11.6 Å². The Morgan fingerprint density at radius 1 is 0.714 bits per heavy atom. The zero-order valence-electron chi connectivity index (χ0n) is 19.1. The Labute approximate surface area is 172 Å². The molecule has 0 radical (unpaired) electrons. The lowest BCUT2D eigenvalue weighted by molar-refractivity contribution is 0.0977. The maximum atomic E-state index is 12.7. The lowest BCUT2D eigenvalue weighted by Gasteiger charge is -2.21. The van der Waals surface area contributed by atoms with Crippen LogP contribution < -0.4 is 0 Å². The van der Waals surface area contributed by atoms with E-state index in [1.54, 1.807) is 0 Å². The Morgan fingerprint density at radius 3 is 1.43 bits per heavy atom. The molecule has 1 aromatic carbocycles. The molecule has 1 aromatic rings. The molecule has 0 N–H and O–H groups in total. The van der Waals surface area contributed by atoms with Gasteiger partial charge in [-0.05, 0) is 96.1 Å². The minimum Gasteiger partial charge on any atom is -0.309 e. The van der Waals surface area contributed by atoms with Crippen LogP contribution in [0.25, 0.3) is 0 Å². The van der Waals surface area contributed by atoms with Crippen molar-refractivity contribution in [3.8, 4) is 0 Å². The summed E-state index contributed by atoms with van der Waals surface area (Å²) in [5.74, 6) is 0.290. The number of carbonyl (C=O) groups is 2. The van der Waals surface area contributed by atoms with Crippen LogP contribution in [-0.4, -0.2) is 62.6 Å². The molecule has 28 heavy (non-hydrogen) atoms. The van der Waals surface area contributed by atoms with Crippen LogP contribution in [0.4, 0.5) is 0 Å². The van der Waals surface area contributed by atoms with E-state index in [0.717, 1.165) is 44.3 Å². The molecule has 0 aliphatic rings. The molecule has 0 spiro atoms. The summed E-state index contributed by atoms with van der Waals surface area (Å²) in [5.41, 5.74) is 2.34. The van der Waals surface area contributed by atoms with Crippen molar-refractivity contribution in [2.24, 2.45) is 0 Å². The van der Waals surface area contributed by atoms with Crippen LogP contribution in [0.3, 0.4) is 0 Å². The van der Waals surface area contributed by atoms with Gasteiger partial charge in [0.2, 0.25) is 0 Å². The second-order valence-electron chi connectivity index (χ2n) is 9.42. The van der Waals surface area contributed by atoms with Gasteiger partial charge in [0.1, 0.15) is 0 Å². The number of benzene rings is 1. The second-order valence-corrected chi connectivity index (χ2v) is 9.42. The molecular formula is C24H40N2O2. The van der Waals surface area contributed by atoms with E-state index in [4.69, 9.17) is 0 Å². The summed E-state index contributed by atoms with van der Waals surface area (Å²) in [5, 5.41) is 0. The lowest BCUT2D eigenvalue weighted by Crippen LogP contribution is -2.16. The van der Waals surface area contributed by atoms with E-state index >= 15 is 0 Å². The standard InChI is InChI=1S/C24H40N2O2/c1-24(2,3)21-17-19(22(27)12-8-10-14-25(4)5)16-20(18-21)23(28)13-9-11-15-26(6)7/h16-18H,8-15H2,1-7H3. The van der Waals surface area contributed by atoms with Crippen molar-refractivity contribution in [1.82, 2.24) is 9.80 Å². The lowest BCUT2D eigenvalue weighted by atomic mass is 9.83. The van der Waals surface area contributed by atoms with E-state index < -0.39 is 0 Å². The van der Waals surface area contributed by atoms with Gasteiger partial charge in [0, 0.05) is 24.0 Å². The summed E-state index contributed by atoms with van der Waals surface area (Å²) in [7, 11) is 8.19. The van der Waals surface area contributed by atoms with Crippen LogP contribution in [0.5, 0.6) is 0 Å². The molecule has 1 rings (SSSR count). The van der Waals surface area contributed by atoms with Gasteiger partial charge in [0.15, 0.2) is 11.6 Å². The number of ketones is 2. The first-order valence-electron chi connectivity index (χ1n) is 10.5. The fraction of sp³-hybridized carbons (Fsp3) is 0.667. The van der Waals surface area contributed by atoms with Gasteiger partial charge in [-0.2, -0.15) is 0 Å². The molecule has 158 valence electrons. The van der Waals surface area contributed by atoms with Gasteiger partial charge in [-0.15, -0.1) is 0 Å². The molecule has 0 unspecified atom stereocenters. The van der Waals surface area contributed by atoms with Gasteiger partial charge in [-0.1, -0.05) is 20.8 Å². The number of unbranched alkanes of at least 4 members (excludes halogenated alkanes) is 2. The molecule has 4 heteroatoms. The summed E-state index contributed by atoms with van der Waals surface area (Å²) >= 11 is 0. The number of hydrogen-bond donors (Lipinski definition) is 0. The summed E-state index contributed by atoms with van der Waals surface area (Å²) in [6.07, 6.45) is 4.86. The van der Waals surface area contributed by atoms with Crippen molar-refractivity contribution in [2.45, 2.75) is 64.7 Å². The highest BCUT2D eigenvalue weighted by Crippen LogP contribution is 2.26. The summed E-state index contributed by atoms with van der Waals surface area (Å²) < 4.78 is 0. The topological polar surface area (TPSA) is 40.6 Å². The van der Waals surface area contributed by atoms with Crippen LogP contribution in [0, 0.1) is 0 Å². The van der Waals surface area contributed by atoms with Gasteiger partial charge in [0.25, 0.3) is 0 Å². The van der Waals surface area contributed by atoms with E-state index in [2.05, 4.69) is 30.6 Å². The average Bonchev–Trinajstić information content (AvgIpc) is 2.60. The third-order valence-electron chi connectivity index (χ3n) is 4.96. The van der Waals surface area contributed by atoms with Crippen LogP contribution in [0.2, 0.25) is 0 Å². The van der Waals surface area contributed by atoms with Gasteiger partial charge in [0.05, 0.1) is 0 Å². The zero-order valence-corrected chi connectivity index (χ0v) is 19.1. The first kappa shape index (κ1) is 24.5. The smallest absolute Gasteiger partial charge is 0.162 e. The predicted octanol–water partition coefficient (Wildman–Crippen LogP) is 4.81. The Balaban J connectivity index is 2.88. The second kappa shape index (κ2) is 11.5. The minimum absolute atomic E-state index is 0.0961. The normalized spacial score (nSPS) is 12.0. The van der Waals surface area contributed by atoms with Crippen molar-refractivity contribution in [1.29, 1.82) is 0 Å². The zero-order chi connectivity index (χ0) is 21.3. The summed E-state index contributed by atoms with van der Waals surface area (Å²) in [4.78, 5) is 29.8. The van der Waals surface area contributed by atoms with Crippen molar-refractivity contribution in [3.05, 3.63) is 34.9 Å². The molecule has 0 bridgehead atoms. The molecule has 0 heterocycles. The SMILES string of the molecule is CN(C)CCCCC(=O)c1cc(C(=O)CCCCN(C)C)cc(C(C)(C)C)c1. The highest BCUT2D eigenvalue weighted by Gasteiger charge is 2.19. The highest BCUT2D eigenvalue weighted by molar-refractivity contribution is 6.01. The highest BCUT2D eigenvalue weighted by atomic mass is 16.1. The molecule has 0 aromatic heterocycles. The first-order valence-corrected chi connectivity index (χ1v) is 10.5. The minimum atomic E-state index is -0.0961. The molecule has 0 aliphatic heterocycles.